The highest BCUT2D eigenvalue weighted by Crippen LogP contribution is 2.32. The largest absolute Gasteiger partial charge is 0.469 e. The lowest BCUT2D eigenvalue weighted by Crippen LogP contribution is -2.46. The average molecular weight is 589 g/mol. The lowest BCUT2D eigenvalue weighted by Gasteiger charge is -2.32. The van der Waals surface area contributed by atoms with Gasteiger partial charge in [-0.15, -0.1) is 0 Å². The predicted molar refractivity (Wildman–Crippen MR) is 146 cm³/mol. The summed E-state index contributed by atoms with van der Waals surface area (Å²) in [6.45, 7) is 6.32. The van der Waals surface area contributed by atoms with Gasteiger partial charge in [-0.05, 0) is 54.1 Å². The van der Waals surface area contributed by atoms with Crippen LogP contribution in [0, 0.1) is 6.92 Å². The first-order valence-electron chi connectivity index (χ1n) is 12.8. The average Bonchev–Trinajstić information content (AvgIpc) is 3.45. The number of pyridine rings is 1. The molecule has 12 heteroatoms. The Labute approximate surface area is 229 Å². The number of methoxy groups -OCH3 is 1. The number of ether oxygens (including phenoxy) is 1. The molecule has 0 spiro atoms. The Hall–Kier alpha value is -3.28. The molecule has 3 heterocycles. The maximum absolute atomic E-state index is 13.1. The van der Waals surface area contributed by atoms with Gasteiger partial charge >= 0.3 is 5.97 Å². The fourth-order valence-electron chi connectivity index (χ4n) is 5.05. The normalized spacial score (nSPS) is 16.4. The Morgan fingerprint density at radius 2 is 1.87 bits per heavy atom. The van der Waals surface area contributed by atoms with E-state index >= 15 is 0 Å². The van der Waals surface area contributed by atoms with Gasteiger partial charge in [-0.3, -0.25) is 23.7 Å². The summed E-state index contributed by atoms with van der Waals surface area (Å²) in [6.07, 6.45) is 7.04. The van der Waals surface area contributed by atoms with Gasteiger partial charge in [0.15, 0.2) is 0 Å². The van der Waals surface area contributed by atoms with Crippen LogP contribution < -0.4 is 16.2 Å². The van der Waals surface area contributed by atoms with Crippen LogP contribution in [0.3, 0.4) is 0 Å². The van der Waals surface area contributed by atoms with E-state index in [4.69, 9.17) is 4.98 Å². The standard InChI is InChI=1S/C26H33BrN6O5/c1-15(12-21(35)38-3)24(36)28-14-20(34)32-10-8-17(9-11-32)30-26-29-13-19-16(2)22(27)25(37)33(23(19)31-26)18-6-4-5-7-18/h13,17-18H,1,4-12,14H2,2-3H3,(H,28,36)(H,29,30,31). The number of carbonyl (C=O) groups excluding carboxylic acids is 3. The zero-order valence-electron chi connectivity index (χ0n) is 21.7. The monoisotopic (exact) mass is 588 g/mol. The molecule has 2 N–H and O–H groups in total. The van der Waals surface area contributed by atoms with Crippen molar-refractivity contribution in [2.75, 3.05) is 32.1 Å². The smallest absolute Gasteiger partial charge is 0.310 e. The topological polar surface area (TPSA) is 136 Å². The van der Waals surface area contributed by atoms with E-state index in [0.29, 0.717) is 42.0 Å². The Balaban J connectivity index is 1.36. The van der Waals surface area contributed by atoms with E-state index in [1.165, 1.54) is 7.11 Å². The van der Waals surface area contributed by atoms with Crippen molar-refractivity contribution in [2.24, 2.45) is 0 Å². The molecule has 2 fully saturated rings. The summed E-state index contributed by atoms with van der Waals surface area (Å²) in [5, 5.41) is 6.75. The van der Waals surface area contributed by atoms with Crippen molar-refractivity contribution in [1.82, 2.24) is 24.8 Å². The van der Waals surface area contributed by atoms with Gasteiger partial charge in [-0.25, -0.2) is 4.98 Å². The summed E-state index contributed by atoms with van der Waals surface area (Å²) in [5.41, 5.74) is 1.47. The van der Waals surface area contributed by atoms with Crippen LogP contribution in [-0.4, -0.2) is 70.0 Å². The third-order valence-corrected chi connectivity index (χ3v) is 8.25. The summed E-state index contributed by atoms with van der Waals surface area (Å²) in [6, 6.07) is 0.200. The number of hydrogen-bond donors (Lipinski definition) is 2. The molecule has 2 aliphatic rings. The van der Waals surface area contributed by atoms with Crippen molar-refractivity contribution >= 4 is 50.7 Å². The Morgan fingerprint density at radius 3 is 2.53 bits per heavy atom. The van der Waals surface area contributed by atoms with E-state index in [-0.39, 0.29) is 42.1 Å². The number of halogens is 1. The number of piperidine rings is 1. The molecule has 2 aromatic rings. The minimum Gasteiger partial charge on any atom is -0.469 e. The van der Waals surface area contributed by atoms with Crippen LogP contribution in [0.25, 0.3) is 11.0 Å². The lowest BCUT2D eigenvalue weighted by atomic mass is 10.1. The molecule has 4 rings (SSSR count). The highest BCUT2D eigenvalue weighted by Gasteiger charge is 2.26. The number of carbonyl (C=O) groups is 3. The van der Waals surface area contributed by atoms with Crippen LogP contribution in [-0.2, 0) is 19.1 Å². The molecule has 11 nitrogen and oxygen atoms in total. The molecule has 0 aromatic carbocycles. The molecule has 1 aliphatic heterocycles. The lowest BCUT2D eigenvalue weighted by molar-refractivity contribution is -0.140. The maximum atomic E-state index is 13.1. The first-order valence-corrected chi connectivity index (χ1v) is 13.6. The molecular formula is C26H33BrN6O5. The number of likely N-dealkylation sites (tertiary alicyclic amines) is 1. The summed E-state index contributed by atoms with van der Waals surface area (Å²) < 4.78 is 6.90. The Morgan fingerprint density at radius 1 is 1.18 bits per heavy atom. The van der Waals surface area contributed by atoms with Crippen LogP contribution in [0.2, 0.25) is 0 Å². The molecule has 2 amide bonds. The van der Waals surface area contributed by atoms with Crippen molar-refractivity contribution in [3.05, 3.63) is 38.7 Å². The van der Waals surface area contributed by atoms with Gasteiger partial charge in [-0.2, -0.15) is 4.98 Å². The zero-order chi connectivity index (χ0) is 27.4. The van der Waals surface area contributed by atoms with Crippen molar-refractivity contribution in [3.63, 3.8) is 0 Å². The Kier molecular flexibility index (Phi) is 8.80. The molecule has 1 aliphatic carbocycles. The highest BCUT2D eigenvalue weighted by molar-refractivity contribution is 9.10. The fourth-order valence-corrected chi connectivity index (χ4v) is 5.45. The van der Waals surface area contributed by atoms with E-state index in [0.717, 1.165) is 36.6 Å². The molecule has 0 radical (unpaired) electrons. The molecule has 1 saturated heterocycles. The van der Waals surface area contributed by atoms with Crippen molar-refractivity contribution in [2.45, 2.75) is 64.0 Å². The molecule has 0 unspecified atom stereocenters. The molecule has 0 atom stereocenters. The number of fused-ring (bicyclic) bond motifs is 1. The van der Waals surface area contributed by atoms with Gasteiger partial charge in [0.25, 0.3) is 5.56 Å². The Bertz CT molecular complexity index is 1310. The van der Waals surface area contributed by atoms with Crippen LogP contribution in [0.5, 0.6) is 0 Å². The second kappa shape index (κ2) is 12.1. The van der Waals surface area contributed by atoms with Gasteiger partial charge in [0.2, 0.25) is 17.8 Å². The van der Waals surface area contributed by atoms with Gasteiger partial charge in [-0.1, -0.05) is 19.4 Å². The molecule has 204 valence electrons. The predicted octanol–water partition coefficient (Wildman–Crippen LogP) is 2.62. The summed E-state index contributed by atoms with van der Waals surface area (Å²) in [4.78, 5) is 60.0. The molecule has 1 saturated carbocycles. The zero-order valence-corrected chi connectivity index (χ0v) is 23.3. The SMILES string of the molecule is C=C(CC(=O)OC)C(=O)NCC(=O)N1CCC(Nc2ncc3c(C)c(Br)c(=O)n(C4CCCC4)c3n2)CC1. The summed E-state index contributed by atoms with van der Waals surface area (Å²) >= 11 is 3.47. The van der Waals surface area contributed by atoms with Crippen LogP contribution in [0.4, 0.5) is 5.95 Å². The number of esters is 1. The second-order valence-corrected chi connectivity index (χ2v) is 10.6. The van der Waals surface area contributed by atoms with Gasteiger partial charge in [0, 0.05) is 42.3 Å². The van der Waals surface area contributed by atoms with Crippen LogP contribution >= 0.6 is 15.9 Å². The van der Waals surface area contributed by atoms with Crippen molar-refractivity contribution in [1.29, 1.82) is 0 Å². The summed E-state index contributed by atoms with van der Waals surface area (Å²) in [7, 11) is 1.23. The van der Waals surface area contributed by atoms with Crippen molar-refractivity contribution in [3.8, 4) is 0 Å². The first kappa shape index (κ1) is 27.7. The van der Waals surface area contributed by atoms with E-state index in [1.54, 1.807) is 11.1 Å². The van der Waals surface area contributed by atoms with E-state index in [1.807, 2.05) is 11.5 Å². The number of nitrogens with one attached hydrogen (secondary N) is 2. The van der Waals surface area contributed by atoms with Crippen molar-refractivity contribution < 1.29 is 19.1 Å². The minimum absolute atomic E-state index is 0.0452. The molecular weight excluding hydrogens is 556 g/mol. The third kappa shape index (κ3) is 6.06. The first-order chi connectivity index (χ1) is 18.2. The van der Waals surface area contributed by atoms with Gasteiger partial charge < -0.3 is 20.3 Å². The van der Waals surface area contributed by atoms with E-state index in [2.05, 4.69) is 42.9 Å². The van der Waals surface area contributed by atoms with Gasteiger partial charge in [0.05, 0.1) is 24.5 Å². The second-order valence-electron chi connectivity index (χ2n) is 9.82. The summed E-state index contributed by atoms with van der Waals surface area (Å²) in [5.74, 6) is -0.851. The maximum Gasteiger partial charge on any atom is 0.310 e. The molecule has 0 bridgehead atoms. The highest BCUT2D eigenvalue weighted by atomic mass is 79.9. The number of nitrogens with zero attached hydrogens (tertiary/aromatic N) is 4. The quantitative estimate of drug-likeness (QED) is 0.355. The molecule has 38 heavy (non-hydrogen) atoms. The number of hydrogen-bond acceptors (Lipinski definition) is 8. The molecule has 2 aromatic heterocycles. The van der Waals surface area contributed by atoms with Gasteiger partial charge in [0.1, 0.15) is 5.65 Å². The fraction of sp³-hybridized carbons (Fsp3) is 0.538. The minimum atomic E-state index is -0.564. The van der Waals surface area contributed by atoms with Crippen LogP contribution in [0.1, 0.15) is 56.6 Å². The number of amides is 2. The van der Waals surface area contributed by atoms with E-state index in [9.17, 15) is 19.2 Å². The van der Waals surface area contributed by atoms with E-state index < -0.39 is 11.9 Å². The van der Waals surface area contributed by atoms with Crippen LogP contribution in [0.15, 0.2) is 27.6 Å². The number of rotatable bonds is 8. The third-order valence-electron chi connectivity index (χ3n) is 7.31. The number of aromatic nitrogens is 3. The number of anilines is 1. The number of aryl methyl sites for hydroxylation is 1.